The second-order valence-corrected chi connectivity index (χ2v) is 8.46. The Bertz CT molecular complexity index is 1390. The summed E-state index contributed by atoms with van der Waals surface area (Å²) < 4.78 is 0. The van der Waals surface area contributed by atoms with Crippen molar-refractivity contribution in [1.82, 2.24) is 4.98 Å². The molecule has 0 spiro atoms. The molecule has 2 heterocycles. The smallest absolute Gasteiger partial charge is 0.0486 e. The van der Waals surface area contributed by atoms with Crippen LogP contribution in [0.3, 0.4) is 0 Å². The lowest BCUT2D eigenvalue weighted by atomic mass is 9.99. The van der Waals surface area contributed by atoms with E-state index < -0.39 is 0 Å². The largest absolute Gasteiger partial charge is 0.355 e. The summed E-state index contributed by atoms with van der Waals surface area (Å²) in [6.07, 6.45) is 11.5. The lowest BCUT2D eigenvalue weighted by Gasteiger charge is -2.32. The number of fused-ring (bicyclic) bond motifs is 2. The van der Waals surface area contributed by atoms with Crippen molar-refractivity contribution < 1.29 is 0 Å². The first-order chi connectivity index (χ1) is 16.2. The quantitative estimate of drug-likeness (QED) is 0.345. The molecule has 1 unspecified atom stereocenters. The minimum Gasteiger partial charge on any atom is -0.355 e. The molecule has 5 rings (SSSR count). The summed E-state index contributed by atoms with van der Waals surface area (Å²) in [5.41, 5.74) is 9.30. The van der Waals surface area contributed by atoms with Gasteiger partial charge in [-0.15, -0.1) is 0 Å². The van der Waals surface area contributed by atoms with Crippen LogP contribution in [0.2, 0.25) is 0 Å². The number of hydrogen-bond acceptors (Lipinski definition) is 1. The number of benzene rings is 3. The Morgan fingerprint density at radius 1 is 0.909 bits per heavy atom. The van der Waals surface area contributed by atoms with Crippen LogP contribution in [0.25, 0.3) is 34.7 Å². The van der Waals surface area contributed by atoms with Crippen LogP contribution < -0.4 is 4.90 Å². The second-order valence-electron chi connectivity index (χ2n) is 8.46. The van der Waals surface area contributed by atoms with Gasteiger partial charge < -0.3 is 9.88 Å². The van der Waals surface area contributed by atoms with Gasteiger partial charge in [-0.05, 0) is 66.5 Å². The summed E-state index contributed by atoms with van der Waals surface area (Å²) in [6.45, 7) is 10.2. The zero-order valence-corrected chi connectivity index (χ0v) is 19.0. The molecular weight excluding hydrogens is 400 g/mol. The van der Waals surface area contributed by atoms with E-state index in [1.165, 1.54) is 33.5 Å². The highest BCUT2D eigenvalue weighted by molar-refractivity contribution is 5.96. The number of aromatic nitrogens is 1. The van der Waals surface area contributed by atoms with Crippen molar-refractivity contribution in [2.45, 2.75) is 19.4 Å². The van der Waals surface area contributed by atoms with E-state index in [1.807, 2.05) is 12.2 Å². The maximum absolute atomic E-state index is 4.01. The van der Waals surface area contributed by atoms with E-state index in [9.17, 15) is 0 Å². The number of nitrogens with zero attached hydrogens (tertiary/aromatic N) is 1. The molecule has 1 atom stereocenters. The topological polar surface area (TPSA) is 19.0 Å². The van der Waals surface area contributed by atoms with Crippen molar-refractivity contribution in [3.05, 3.63) is 120 Å². The molecule has 2 nitrogen and oxygen atoms in total. The van der Waals surface area contributed by atoms with Gasteiger partial charge in [0.25, 0.3) is 0 Å². The molecule has 0 bridgehead atoms. The van der Waals surface area contributed by atoms with Gasteiger partial charge in [0, 0.05) is 39.6 Å². The molecule has 162 valence electrons. The van der Waals surface area contributed by atoms with Gasteiger partial charge in [-0.2, -0.15) is 0 Å². The van der Waals surface area contributed by atoms with E-state index >= 15 is 0 Å². The third-order valence-corrected chi connectivity index (χ3v) is 6.40. The molecule has 4 aromatic rings. The molecular formula is C31H28N2. The molecule has 0 saturated heterocycles. The SMILES string of the molecule is C=Cc1[nH]c2ccc(C3=C/CC(C)N(c4ccccc4)c4ccccc4\C=C\3)cc2c1C=C. The van der Waals surface area contributed by atoms with Crippen LogP contribution in [-0.2, 0) is 0 Å². The average molecular weight is 429 g/mol. The number of rotatable bonds is 4. The minimum atomic E-state index is 0.301. The maximum Gasteiger partial charge on any atom is 0.0486 e. The molecule has 1 N–H and O–H groups in total. The molecule has 2 heteroatoms. The third kappa shape index (κ3) is 3.85. The van der Waals surface area contributed by atoms with Crippen LogP contribution >= 0.6 is 0 Å². The van der Waals surface area contributed by atoms with Crippen molar-refractivity contribution in [3.8, 4) is 0 Å². The number of H-pyrrole nitrogens is 1. The summed E-state index contributed by atoms with van der Waals surface area (Å²) >= 11 is 0. The zero-order valence-electron chi connectivity index (χ0n) is 19.0. The number of anilines is 2. The van der Waals surface area contributed by atoms with E-state index in [2.05, 4.69) is 121 Å². The molecule has 1 aromatic heterocycles. The molecule has 33 heavy (non-hydrogen) atoms. The Morgan fingerprint density at radius 3 is 2.48 bits per heavy atom. The summed E-state index contributed by atoms with van der Waals surface area (Å²) in [5.74, 6) is 0. The summed E-state index contributed by atoms with van der Waals surface area (Å²) in [6, 6.07) is 26.2. The number of nitrogens with one attached hydrogen (secondary N) is 1. The van der Waals surface area contributed by atoms with Crippen LogP contribution in [0.5, 0.6) is 0 Å². The number of hydrogen-bond donors (Lipinski definition) is 1. The molecule has 0 saturated carbocycles. The van der Waals surface area contributed by atoms with Gasteiger partial charge in [0.15, 0.2) is 0 Å². The molecule has 0 fully saturated rings. The lowest BCUT2D eigenvalue weighted by Crippen LogP contribution is -2.28. The van der Waals surface area contributed by atoms with Gasteiger partial charge in [0.05, 0.1) is 0 Å². The van der Waals surface area contributed by atoms with E-state index in [-0.39, 0.29) is 0 Å². The molecule has 3 aromatic carbocycles. The highest BCUT2D eigenvalue weighted by Crippen LogP contribution is 2.35. The van der Waals surface area contributed by atoms with E-state index in [0.29, 0.717) is 6.04 Å². The summed E-state index contributed by atoms with van der Waals surface area (Å²) in [7, 11) is 0. The number of para-hydroxylation sites is 2. The monoisotopic (exact) mass is 428 g/mol. The fraction of sp³-hybridized carbons (Fsp3) is 0.0968. The van der Waals surface area contributed by atoms with Gasteiger partial charge in [0.2, 0.25) is 0 Å². The number of allylic oxidation sites excluding steroid dienone is 2. The van der Waals surface area contributed by atoms with E-state index in [0.717, 1.165) is 23.2 Å². The van der Waals surface area contributed by atoms with Crippen LogP contribution in [0.15, 0.2) is 98.1 Å². The second kappa shape index (κ2) is 8.84. The van der Waals surface area contributed by atoms with Gasteiger partial charge in [0.1, 0.15) is 0 Å². The predicted octanol–water partition coefficient (Wildman–Crippen LogP) is 8.48. The maximum atomic E-state index is 4.01. The predicted molar refractivity (Wildman–Crippen MR) is 145 cm³/mol. The summed E-state index contributed by atoms with van der Waals surface area (Å²) in [4.78, 5) is 5.88. The fourth-order valence-corrected chi connectivity index (χ4v) is 4.73. The third-order valence-electron chi connectivity index (χ3n) is 6.40. The molecule has 1 aliphatic rings. The Labute approximate surface area is 195 Å². The first kappa shape index (κ1) is 20.8. The van der Waals surface area contributed by atoms with Crippen LogP contribution in [-0.4, -0.2) is 11.0 Å². The van der Waals surface area contributed by atoms with Gasteiger partial charge >= 0.3 is 0 Å². The lowest BCUT2D eigenvalue weighted by molar-refractivity contribution is 0.725. The minimum absolute atomic E-state index is 0.301. The first-order valence-corrected chi connectivity index (χ1v) is 11.4. The van der Waals surface area contributed by atoms with Crippen LogP contribution in [0, 0.1) is 0 Å². The first-order valence-electron chi connectivity index (χ1n) is 11.4. The van der Waals surface area contributed by atoms with Gasteiger partial charge in [-0.1, -0.05) is 79.9 Å². The zero-order chi connectivity index (χ0) is 22.8. The van der Waals surface area contributed by atoms with Crippen molar-refractivity contribution in [2.24, 2.45) is 0 Å². The average Bonchev–Trinajstić information content (AvgIpc) is 3.24. The highest BCUT2D eigenvalue weighted by atomic mass is 15.2. The summed E-state index contributed by atoms with van der Waals surface area (Å²) in [5, 5.41) is 1.17. The molecule has 0 radical (unpaired) electrons. The van der Waals surface area contributed by atoms with Crippen LogP contribution in [0.1, 0.15) is 35.7 Å². The fourth-order valence-electron chi connectivity index (χ4n) is 4.73. The standard InChI is InChI=1S/C31H28N2/c1-4-27-28-21-25(19-20-30(28)32-29(27)5-2)23-16-15-22(3)33(26-12-7-6-8-13-26)31-14-10-9-11-24(31)18-17-23/h4-14,16-22,32H,1-2,15H2,3H3/b18-17+,23-16+. The Hall–Kier alpha value is -4.04. The van der Waals surface area contributed by atoms with Crippen molar-refractivity contribution >= 4 is 46.1 Å². The van der Waals surface area contributed by atoms with Gasteiger partial charge in [-0.3, -0.25) is 0 Å². The number of aromatic amines is 1. The van der Waals surface area contributed by atoms with Crippen molar-refractivity contribution in [1.29, 1.82) is 0 Å². The van der Waals surface area contributed by atoms with Crippen LogP contribution in [0.4, 0.5) is 11.4 Å². The molecule has 0 amide bonds. The Morgan fingerprint density at radius 2 is 1.70 bits per heavy atom. The Balaban J connectivity index is 1.62. The molecule has 1 aliphatic heterocycles. The van der Waals surface area contributed by atoms with E-state index in [1.54, 1.807) is 0 Å². The van der Waals surface area contributed by atoms with Crippen molar-refractivity contribution in [2.75, 3.05) is 4.90 Å². The van der Waals surface area contributed by atoms with Crippen molar-refractivity contribution in [3.63, 3.8) is 0 Å². The molecule has 0 aliphatic carbocycles. The van der Waals surface area contributed by atoms with E-state index in [4.69, 9.17) is 0 Å². The Kier molecular flexibility index (Phi) is 5.58. The highest BCUT2D eigenvalue weighted by Gasteiger charge is 2.19. The normalized spacial score (nSPS) is 18.4. The van der Waals surface area contributed by atoms with Gasteiger partial charge in [-0.25, -0.2) is 0 Å².